The molecule has 1 amide bonds. The molecule has 0 bridgehead atoms. The second-order valence-corrected chi connectivity index (χ2v) is 7.46. The summed E-state index contributed by atoms with van der Waals surface area (Å²) in [6.45, 7) is 3.69. The number of carbonyl (C=O) groups is 1. The molecular formula is C23H25N3O. The standard InChI is InChI=1S/C23H25N3O/c1-17-7-9-20(10-8-17)21-16-22(25-24-21)23(27)26-13-11-19(12-14-26)15-18-5-3-2-4-6-18/h2-10,16,19H,11-15H2,1H3,(H,24,25). The first-order valence-corrected chi connectivity index (χ1v) is 9.65. The summed E-state index contributed by atoms with van der Waals surface area (Å²) < 4.78 is 0. The number of likely N-dealkylation sites (tertiary alicyclic amines) is 1. The lowest BCUT2D eigenvalue weighted by Crippen LogP contribution is -2.39. The maximum atomic E-state index is 12.8. The molecule has 1 saturated heterocycles. The number of aryl methyl sites for hydroxylation is 1. The van der Waals surface area contributed by atoms with Gasteiger partial charge >= 0.3 is 0 Å². The molecule has 27 heavy (non-hydrogen) atoms. The number of nitrogens with zero attached hydrogens (tertiary/aromatic N) is 2. The van der Waals surface area contributed by atoms with Gasteiger partial charge in [-0.05, 0) is 43.7 Å². The van der Waals surface area contributed by atoms with Crippen LogP contribution in [0, 0.1) is 12.8 Å². The normalized spacial score (nSPS) is 15.1. The third kappa shape index (κ3) is 4.11. The van der Waals surface area contributed by atoms with Crippen molar-refractivity contribution in [3.63, 3.8) is 0 Å². The number of amides is 1. The van der Waals surface area contributed by atoms with Crippen molar-refractivity contribution in [1.29, 1.82) is 0 Å². The molecule has 2 heterocycles. The highest BCUT2D eigenvalue weighted by atomic mass is 16.2. The molecule has 138 valence electrons. The first-order valence-electron chi connectivity index (χ1n) is 9.65. The van der Waals surface area contributed by atoms with Crippen LogP contribution in [-0.2, 0) is 6.42 Å². The molecule has 4 nitrogen and oxygen atoms in total. The average molecular weight is 359 g/mol. The predicted octanol–water partition coefficient (Wildman–Crippen LogP) is 4.48. The van der Waals surface area contributed by atoms with Crippen LogP contribution in [0.2, 0.25) is 0 Å². The molecule has 1 aliphatic rings. The molecule has 4 heteroatoms. The van der Waals surface area contributed by atoms with E-state index in [1.165, 1.54) is 11.1 Å². The number of aromatic amines is 1. The molecule has 1 aromatic heterocycles. The molecule has 0 atom stereocenters. The number of H-pyrrole nitrogens is 1. The Hall–Kier alpha value is -2.88. The predicted molar refractivity (Wildman–Crippen MR) is 108 cm³/mol. The van der Waals surface area contributed by atoms with Gasteiger partial charge in [-0.2, -0.15) is 5.10 Å². The van der Waals surface area contributed by atoms with E-state index in [4.69, 9.17) is 0 Å². The monoisotopic (exact) mass is 359 g/mol. The summed E-state index contributed by atoms with van der Waals surface area (Å²) in [6.07, 6.45) is 3.21. The largest absolute Gasteiger partial charge is 0.337 e. The summed E-state index contributed by atoms with van der Waals surface area (Å²) in [5.74, 6) is 0.709. The number of aromatic nitrogens is 2. The quantitative estimate of drug-likeness (QED) is 0.747. The third-order valence-corrected chi connectivity index (χ3v) is 5.42. The van der Waals surface area contributed by atoms with Crippen LogP contribution < -0.4 is 0 Å². The molecule has 2 aromatic carbocycles. The van der Waals surface area contributed by atoms with E-state index in [2.05, 4.69) is 59.6 Å². The molecule has 4 rings (SSSR count). The van der Waals surface area contributed by atoms with E-state index in [9.17, 15) is 4.79 Å². The Morgan fingerprint density at radius 1 is 1.07 bits per heavy atom. The lowest BCUT2D eigenvalue weighted by molar-refractivity contribution is 0.0684. The Balaban J connectivity index is 1.36. The van der Waals surface area contributed by atoms with Crippen LogP contribution in [0.3, 0.4) is 0 Å². The number of hydrogen-bond donors (Lipinski definition) is 1. The summed E-state index contributed by atoms with van der Waals surface area (Å²) in [4.78, 5) is 14.8. The molecule has 3 aromatic rings. The second-order valence-electron chi connectivity index (χ2n) is 7.46. The Labute approximate surface area is 160 Å². The first-order chi connectivity index (χ1) is 13.2. The first kappa shape index (κ1) is 17.5. The molecular weight excluding hydrogens is 334 g/mol. The number of carbonyl (C=O) groups excluding carboxylic acids is 1. The van der Waals surface area contributed by atoms with Crippen LogP contribution in [0.1, 0.15) is 34.5 Å². The van der Waals surface area contributed by atoms with Gasteiger partial charge in [-0.25, -0.2) is 0 Å². The molecule has 0 aliphatic carbocycles. The van der Waals surface area contributed by atoms with E-state index in [0.29, 0.717) is 11.6 Å². The van der Waals surface area contributed by atoms with E-state index >= 15 is 0 Å². The van der Waals surface area contributed by atoms with Crippen molar-refractivity contribution in [1.82, 2.24) is 15.1 Å². The van der Waals surface area contributed by atoms with Crippen LogP contribution in [0.15, 0.2) is 60.7 Å². The smallest absolute Gasteiger partial charge is 0.271 e. The van der Waals surface area contributed by atoms with E-state index in [-0.39, 0.29) is 5.91 Å². The van der Waals surface area contributed by atoms with Gasteiger partial charge in [0.05, 0.1) is 5.69 Å². The summed E-state index contributed by atoms with van der Waals surface area (Å²) in [5, 5.41) is 7.26. The van der Waals surface area contributed by atoms with Crippen molar-refractivity contribution in [2.75, 3.05) is 13.1 Å². The van der Waals surface area contributed by atoms with E-state index in [1.54, 1.807) is 0 Å². The second kappa shape index (κ2) is 7.78. The molecule has 1 fully saturated rings. The van der Waals surface area contributed by atoms with Gasteiger partial charge in [0.15, 0.2) is 0 Å². The van der Waals surface area contributed by atoms with Crippen molar-refractivity contribution in [2.45, 2.75) is 26.2 Å². The number of hydrogen-bond acceptors (Lipinski definition) is 2. The van der Waals surface area contributed by atoms with Gasteiger partial charge in [-0.15, -0.1) is 0 Å². The van der Waals surface area contributed by atoms with Crippen LogP contribution in [0.25, 0.3) is 11.3 Å². The summed E-state index contributed by atoms with van der Waals surface area (Å²) in [7, 11) is 0. The Kier molecular flexibility index (Phi) is 5.05. The number of piperidine rings is 1. The minimum Gasteiger partial charge on any atom is -0.337 e. The maximum Gasteiger partial charge on any atom is 0.271 e. The molecule has 0 radical (unpaired) electrons. The van der Waals surface area contributed by atoms with Crippen molar-refractivity contribution < 1.29 is 4.79 Å². The highest BCUT2D eigenvalue weighted by Crippen LogP contribution is 2.24. The Bertz CT molecular complexity index is 891. The van der Waals surface area contributed by atoms with Crippen molar-refractivity contribution in [3.05, 3.63) is 77.5 Å². The van der Waals surface area contributed by atoms with Gasteiger partial charge in [0.1, 0.15) is 5.69 Å². The molecule has 1 N–H and O–H groups in total. The van der Waals surface area contributed by atoms with E-state index in [0.717, 1.165) is 43.6 Å². The highest BCUT2D eigenvalue weighted by Gasteiger charge is 2.25. The summed E-state index contributed by atoms with van der Waals surface area (Å²) in [5.41, 5.74) is 5.02. The number of nitrogens with one attached hydrogen (secondary N) is 1. The van der Waals surface area contributed by atoms with Crippen LogP contribution in [-0.4, -0.2) is 34.1 Å². The van der Waals surface area contributed by atoms with Crippen LogP contribution in [0.4, 0.5) is 0 Å². The van der Waals surface area contributed by atoms with Crippen molar-refractivity contribution in [2.24, 2.45) is 5.92 Å². The number of benzene rings is 2. The molecule has 1 aliphatic heterocycles. The fraction of sp³-hybridized carbons (Fsp3) is 0.304. The van der Waals surface area contributed by atoms with Gasteiger partial charge in [-0.1, -0.05) is 60.2 Å². The van der Waals surface area contributed by atoms with Crippen molar-refractivity contribution in [3.8, 4) is 11.3 Å². The fourth-order valence-corrected chi connectivity index (χ4v) is 3.76. The van der Waals surface area contributed by atoms with Gasteiger partial charge in [0.2, 0.25) is 0 Å². The zero-order chi connectivity index (χ0) is 18.6. The molecule has 0 spiro atoms. The zero-order valence-electron chi connectivity index (χ0n) is 15.7. The Morgan fingerprint density at radius 3 is 2.48 bits per heavy atom. The Morgan fingerprint density at radius 2 is 1.78 bits per heavy atom. The van der Waals surface area contributed by atoms with Crippen molar-refractivity contribution >= 4 is 5.91 Å². The van der Waals surface area contributed by atoms with Crippen LogP contribution >= 0.6 is 0 Å². The fourth-order valence-electron chi connectivity index (χ4n) is 3.76. The lowest BCUT2D eigenvalue weighted by Gasteiger charge is -2.31. The third-order valence-electron chi connectivity index (χ3n) is 5.42. The summed E-state index contributed by atoms with van der Waals surface area (Å²) in [6, 6.07) is 20.7. The summed E-state index contributed by atoms with van der Waals surface area (Å²) >= 11 is 0. The minimum absolute atomic E-state index is 0.0547. The van der Waals surface area contributed by atoms with Gasteiger partial charge < -0.3 is 4.90 Å². The zero-order valence-corrected chi connectivity index (χ0v) is 15.7. The molecule has 0 saturated carbocycles. The average Bonchev–Trinajstić information content (AvgIpc) is 3.20. The van der Waals surface area contributed by atoms with Crippen LogP contribution in [0.5, 0.6) is 0 Å². The lowest BCUT2D eigenvalue weighted by atomic mass is 9.90. The van der Waals surface area contributed by atoms with Gasteiger partial charge in [0.25, 0.3) is 5.91 Å². The van der Waals surface area contributed by atoms with Gasteiger partial charge in [0, 0.05) is 18.7 Å². The topological polar surface area (TPSA) is 49.0 Å². The SMILES string of the molecule is Cc1ccc(-c2cc(C(=O)N3CCC(Cc4ccccc4)CC3)[nH]n2)cc1. The highest BCUT2D eigenvalue weighted by molar-refractivity contribution is 5.93. The minimum atomic E-state index is 0.0547. The maximum absolute atomic E-state index is 12.8. The number of rotatable bonds is 4. The van der Waals surface area contributed by atoms with E-state index < -0.39 is 0 Å². The van der Waals surface area contributed by atoms with E-state index in [1.807, 2.05) is 23.1 Å². The molecule has 0 unspecified atom stereocenters. The van der Waals surface area contributed by atoms with Gasteiger partial charge in [-0.3, -0.25) is 9.89 Å².